The van der Waals surface area contributed by atoms with Gasteiger partial charge in [0.15, 0.2) is 0 Å². The standard InChI is InChI=1S/C16H21F3O2/c1-8-11-5-10-3-4-13(12(6-10)7-11)14(8)21-15(20)9(2)16(17,18)19/h8,10-14H,2-7H2,1H3. The van der Waals surface area contributed by atoms with Gasteiger partial charge in [0.25, 0.3) is 0 Å². The van der Waals surface area contributed by atoms with Gasteiger partial charge in [0.2, 0.25) is 0 Å². The van der Waals surface area contributed by atoms with Gasteiger partial charge < -0.3 is 4.74 Å². The molecule has 0 aromatic rings. The molecule has 0 aromatic heterocycles. The topological polar surface area (TPSA) is 26.3 Å². The van der Waals surface area contributed by atoms with Crippen molar-refractivity contribution in [3.63, 3.8) is 0 Å². The maximum absolute atomic E-state index is 12.6. The molecular formula is C16H21F3O2. The minimum atomic E-state index is -4.71. The lowest BCUT2D eigenvalue weighted by Crippen LogP contribution is -2.51. The first-order chi connectivity index (χ1) is 9.77. The zero-order valence-electron chi connectivity index (χ0n) is 12.2. The zero-order valence-corrected chi connectivity index (χ0v) is 12.2. The molecule has 3 bridgehead atoms. The summed E-state index contributed by atoms with van der Waals surface area (Å²) in [5.74, 6) is 0.880. The summed E-state index contributed by atoms with van der Waals surface area (Å²) in [6.45, 7) is 4.87. The molecule has 118 valence electrons. The highest BCUT2D eigenvalue weighted by Gasteiger charge is 2.51. The van der Waals surface area contributed by atoms with Crippen LogP contribution in [0.2, 0.25) is 0 Å². The van der Waals surface area contributed by atoms with E-state index in [9.17, 15) is 18.0 Å². The number of hydrogen-bond donors (Lipinski definition) is 0. The summed E-state index contributed by atoms with van der Waals surface area (Å²) in [4.78, 5) is 11.8. The molecular weight excluding hydrogens is 281 g/mol. The normalized spacial score (nSPS) is 41.7. The van der Waals surface area contributed by atoms with Crippen LogP contribution in [0.5, 0.6) is 0 Å². The van der Waals surface area contributed by atoms with E-state index in [1.165, 1.54) is 0 Å². The molecule has 0 saturated heterocycles. The largest absolute Gasteiger partial charge is 0.458 e. The van der Waals surface area contributed by atoms with Gasteiger partial charge in [-0.05, 0) is 55.3 Å². The van der Waals surface area contributed by atoms with E-state index >= 15 is 0 Å². The Balaban J connectivity index is 1.75. The Morgan fingerprint density at radius 2 is 1.81 bits per heavy atom. The lowest BCUT2D eigenvalue weighted by Gasteiger charge is -2.54. The Kier molecular flexibility index (Phi) is 3.57. The summed E-state index contributed by atoms with van der Waals surface area (Å²) < 4.78 is 43.0. The molecule has 0 amide bonds. The van der Waals surface area contributed by atoms with Gasteiger partial charge in [0.1, 0.15) is 11.7 Å². The van der Waals surface area contributed by atoms with Crippen LogP contribution in [0.1, 0.15) is 39.0 Å². The van der Waals surface area contributed by atoms with Crippen LogP contribution < -0.4 is 0 Å². The van der Waals surface area contributed by atoms with Crippen molar-refractivity contribution < 1.29 is 22.7 Å². The first-order valence-corrected chi connectivity index (χ1v) is 7.74. The lowest BCUT2D eigenvalue weighted by molar-refractivity contribution is -0.174. The van der Waals surface area contributed by atoms with Crippen molar-refractivity contribution in [3.05, 3.63) is 12.2 Å². The lowest BCUT2D eigenvalue weighted by atomic mass is 9.53. The maximum atomic E-state index is 12.6. The molecule has 0 heterocycles. The Hall–Kier alpha value is -1.00. The molecule has 3 aliphatic carbocycles. The Morgan fingerprint density at radius 3 is 2.48 bits per heavy atom. The van der Waals surface area contributed by atoms with Gasteiger partial charge in [0.05, 0.1) is 0 Å². The third kappa shape index (κ3) is 2.59. The molecule has 0 aliphatic heterocycles. The number of alkyl halides is 3. The van der Waals surface area contributed by atoms with Gasteiger partial charge in [-0.25, -0.2) is 4.79 Å². The number of fused-ring (bicyclic) bond motifs is 2. The second-order valence-corrected chi connectivity index (χ2v) is 7.04. The molecule has 0 spiro atoms. The van der Waals surface area contributed by atoms with E-state index < -0.39 is 17.7 Å². The maximum Gasteiger partial charge on any atom is 0.422 e. The van der Waals surface area contributed by atoms with Crippen LogP contribution in [0.3, 0.4) is 0 Å². The predicted octanol–water partition coefficient (Wildman–Crippen LogP) is 4.11. The third-order valence-electron chi connectivity index (χ3n) is 5.91. The van der Waals surface area contributed by atoms with Crippen LogP contribution in [0, 0.1) is 29.6 Å². The monoisotopic (exact) mass is 302 g/mol. The fraction of sp³-hybridized carbons (Fsp3) is 0.812. The van der Waals surface area contributed by atoms with E-state index in [1.807, 2.05) is 6.92 Å². The van der Waals surface area contributed by atoms with E-state index in [0.29, 0.717) is 11.8 Å². The highest BCUT2D eigenvalue weighted by atomic mass is 19.4. The smallest absolute Gasteiger partial charge is 0.422 e. The average molecular weight is 302 g/mol. The minimum absolute atomic E-state index is 0.152. The van der Waals surface area contributed by atoms with Crippen molar-refractivity contribution in [1.29, 1.82) is 0 Å². The molecule has 21 heavy (non-hydrogen) atoms. The summed E-state index contributed by atoms with van der Waals surface area (Å²) in [6, 6.07) is 0. The van der Waals surface area contributed by atoms with Gasteiger partial charge in [0, 0.05) is 0 Å². The van der Waals surface area contributed by atoms with Crippen LogP contribution in [-0.4, -0.2) is 18.2 Å². The molecule has 3 fully saturated rings. The predicted molar refractivity (Wildman–Crippen MR) is 71.3 cm³/mol. The van der Waals surface area contributed by atoms with Crippen molar-refractivity contribution in [3.8, 4) is 0 Å². The van der Waals surface area contributed by atoms with Crippen molar-refractivity contribution in [2.75, 3.05) is 0 Å². The molecule has 0 radical (unpaired) electrons. The van der Waals surface area contributed by atoms with Crippen molar-refractivity contribution in [1.82, 2.24) is 0 Å². The first kappa shape index (κ1) is 14.9. The van der Waals surface area contributed by atoms with Gasteiger partial charge in [-0.1, -0.05) is 19.9 Å². The van der Waals surface area contributed by atoms with Crippen LogP contribution in [0.15, 0.2) is 12.2 Å². The van der Waals surface area contributed by atoms with E-state index in [4.69, 9.17) is 4.74 Å². The number of carbonyl (C=O) groups is 1. The van der Waals surface area contributed by atoms with Gasteiger partial charge in [-0.15, -0.1) is 0 Å². The SMILES string of the molecule is C=C(C(=O)OC1C(C)C2CC3CCC1C(C3)C2)C(F)(F)F. The van der Waals surface area contributed by atoms with Crippen LogP contribution in [-0.2, 0) is 9.53 Å². The molecule has 5 heteroatoms. The Morgan fingerprint density at radius 1 is 1.14 bits per heavy atom. The summed E-state index contributed by atoms with van der Waals surface area (Å²) in [5, 5.41) is 0. The van der Waals surface area contributed by atoms with Crippen molar-refractivity contribution in [2.24, 2.45) is 29.6 Å². The van der Waals surface area contributed by atoms with Gasteiger partial charge in [-0.3, -0.25) is 0 Å². The second kappa shape index (κ2) is 5.03. The number of esters is 1. The fourth-order valence-corrected chi connectivity index (χ4v) is 4.81. The summed E-state index contributed by atoms with van der Waals surface area (Å²) in [5.41, 5.74) is -1.39. The average Bonchev–Trinajstić information content (AvgIpc) is 2.41. The molecule has 0 N–H and O–H groups in total. The third-order valence-corrected chi connectivity index (χ3v) is 5.91. The first-order valence-electron chi connectivity index (χ1n) is 7.74. The molecule has 6 atom stereocenters. The zero-order chi connectivity index (χ0) is 15.4. The molecule has 2 nitrogen and oxygen atoms in total. The molecule has 3 aliphatic rings. The van der Waals surface area contributed by atoms with E-state index in [1.54, 1.807) is 0 Å². The molecule has 0 aromatic carbocycles. The number of hydrogen-bond acceptors (Lipinski definition) is 2. The quantitative estimate of drug-likeness (QED) is 0.567. The number of carbonyl (C=O) groups excluding carboxylic acids is 1. The molecule has 3 rings (SSSR count). The van der Waals surface area contributed by atoms with Gasteiger partial charge >= 0.3 is 12.1 Å². The second-order valence-electron chi connectivity index (χ2n) is 7.04. The summed E-state index contributed by atoms with van der Waals surface area (Å²) >= 11 is 0. The van der Waals surface area contributed by atoms with Crippen molar-refractivity contribution in [2.45, 2.75) is 51.3 Å². The van der Waals surface area contributed by atoms with Crippen LogP contribution >= 0.6 is 0 Å². The highest BCUT2D eigenvalue weighted by Crippen LogP contribution is 2.55. The van der Waals surface area contributed by atoms with Crippen LogP contribution in [0.4, 0.5) is 13.2 Å². The summed E-state index contributed by atoms with van der Waals surface area (Å²) in [6.07, 6.45) is 0.461. The van der Waals surface area contributed by atoms with E-state index in [-0.39, 0.29) is 17.9 Å². The number of ether oxygens (including phenoxy) is 1. The van der Waals surface area contributed by atoms with Crippen molar-refractivity contribution >= 4 is 5.97 Å². The fourth-order valence-electron chi connectivity index (χ4n) is 4.81. The summed E-state index contributed by atoms with van der Waals surface area (Å²) in [7, 11) is 0. The number of halogens is 3. The highest BCUT2D eigenvalue weighted by molar-refractivity contribution is 5.89. The minimum Gasteiger partial charge on any atom is -0.458 e. The van der Waals surface area contributed by atoms with E-state index in [2.05, 4.69) is 6.58 Å². The van der Waals surface area contributed by atoms with Crippen LogP contribution in [0.25, 0.3) is 0 Å². The number of rotatable bonds is 2. The van der Waals surface area contributed by atoms with E-state index in [0.717, 1.165) is 38.0 Å². The molecule has 3 saturated carbocycles. The molecule has 6 unspecified atom stereocenters. The van der Waals surface area contributed by atoms with Gasteiger partial charge in [-0.2, -0.15) is 13.2 Å². The Labute approximate surface area is 122 Å². The Bertz CT molecular complexity index is 455.